The van der Waals surface area contributed by atoms with Crippen molar-refractivity contribution in [3.63, 3.8) is 0 Å². The van der Waals surface area contributed by atoms with Crippen LogP contribution in [0, 0.1) is 5.82 Å². The first-order valence-electron chi connectivity index (χ1n) is 9.18. The number of nitrogens with zero attached hydrogens (tertiary/aromatic N) is 2. The van der Waals surface area contributed by atoms with E-state index in [0.29, 0.717) is 0 Å². The Labute approximate surface area is 165 Å². The lowest BCUT2D eigenvalue weighted by atomic mass is 9.96. The third-order valence-electron chi connectivity index (χ3n) is 5.41. The number of amides is 2. The number of carbonyl (C=O) groups is 3. The van der Waals surface area contributed by atoms with Gasteiger partial charge in [0, 0.05) is 31.5 Å². The predicted molar refractivity (Wildman–Crippen MR) is 93.9 cm³/mol. The number of furan rings is 1. The lowest BCUT2D eigenvalue weighted by molar-refractivity contribution is -0.310. The molecule has 1 atom stereocenters. The van der Waals surface area contributed by atoms with Crippen LogP contribution in [0.3, 0.4) is 0 Å². The van der Waals surface area contributed by atoms with Crippen LogP contribution in [-0.4, -0.2) is 59.0 Å². The fourth-order valence-corrected chi connectivity index (χ4v) is 3.89. The summed E-state index contributed by atoms with van der Waals surface area (Å²) >= 11 is 0. The minimum Gasteiger partial charge on any atom is -0.548 e. The van der Waals surface area contributed by atoms with Crippen LogP contribution in [0.5, 0.6) is 0 Å². The summed E-state index contributed by atoms with van der Waals surface area (Å²) < 4.78 is 24.2. The molecule has 29 heavy (non-hydrogen) atoms. The quantitative estimate of drug-likeness (QED) is 0.748. The van der Waals surface area contributed by atoms with E-state index in [2.05, 4.69) is 0 Å². The number of hydrogen-bond acceptors (Lipinski definition) is 6. The normalized spacial score (nSPS) is 20.8. The molecule has 2 amide bonds. The van der Waals surface area contributed by atoms with Crippen LogP contribution in [0.1, 0.15) is 33.8 Å². The van der Waals surface area contributed by atoms with Gasteiger partial charge in [-0.05, 0) is 36.4 Å². The van der Waals surface area contributed by atoms with Gasteiger partial charge in [-0.2, -0.15) is 0 Å². The third kappa shape index (κ3) is 3.38. The Hall–Kier alpha value is -3.20. The maximum Gasteiger partial charge on any atom is 0.289 e. The standard InChI is InChI=1S/C20H19FN2O6/c21-14-5-3-13(4-6-14)17(24)23-15(19(26)27)12-29-20(23)7-9-22(10-8-20)18(25)16-2-1-11-28-16/h1-6,11,15H,7-10,12H2,(H,26,27)/p-1/t15-/m1/s1. The summed E-state index contributed by atoms with van der Waals surface area (Å²) in [6, 6.07) is 6.78. The van der Waals surface area contributed by atoms with E-state index in [1.54, 1.807) is 17.0 Å². The minimum atomic E-state index is -1.42. The summed E-state index contributed by atoms with van der Waals surface area (Å²) in [7, 11) is 0. The second-order valence-electron chi connectivity index (χ2n) is 7.04. The van der Waals surface area contributed by atoms with Crippen molar-refractivity contribution >= 4 is 17.8 Å². The summed E-state index contributed by atoms with van der Waals surface area (Å²) in [4.78, 5) is 39.9. The molecule has 4 rings (SSSR count). The second-order valence-corrected chi connectivity index (χ2v) is 7.04. The topological polar surface area (TPSA) is 103 Å². The van der Waals surface area contributed by atoms with Crippen molar-refractivity contribution in [3.05, 3.63) is 59.8 Å². The molecule has 2 aliphatic heterocycles. The van der Waals surface area contributed by atoms with Crippen LogP contribution in [0.4, 0.5) is 4.39 Å². The first-order valence-corrected chi connectivity index (χ1v) is 9.18. The Morgan fingerprint density at radius 3 is 2.34 bits per heavy atom. The zero-order valence-electron chi connectivity index (χ0n) is 15.4. The molecule has 2 fully saturated rings. The summed E-state index contributed by atoms with van der Waals surface area (Å²) in [5.41, 5.74) is -1.02. The Bertz CT molecular complexity index is 919. The zero-order valence-corrected chi connectivity index (χ0v) is 15.4. The van der Waals surface area contributed by atoms with Gasteiger partial charge in [-0.25, -0.2) is 4.39 Å². The molecule has 2 aromatic rings. The Morgan fingerprint density at radius 2 is 1.76 bits per heavy atom. The lowest BCUT2D eigenvalue weighted by Gasteiger charge is -2.44. The van der Waals surface area contributed by atoms with E-state index >= 15 is 0 Å². The van der Waals surface area contributed by atoms with Crippen molar-refractivity contribution < 1.29 is 33.0 Å². The maximum absolute atomic E-state index is 13.2. The van der Waals surface area contributed by atoms with E-state index in [4.69, 9.17) is 9.15 Å². The summed E-state index contributed by atoms with van der Waals surface area (Å²) in [5, 5.41) is 11.6. The fourth-order valence-electron chi connectivity index (χ4n) is 3.89. The number of ether oxygens (including phenoxy) is 1. The molecule has 0 N–H and O–H groups in total. The number of carbonyl (C=O) groups excluding carboxylic acids is 3. The van der Waals surface area contributed by atoms with Gasteiger partial charge in [-0.3, -0.25) is 14.5 Å². The van der Waals surface area contributed by atoms with E-state index in [-0.39, 0.29) is 49.8 Å². The molecule has 0 bridgehead atoms. The van der Waals surface area contributed by atoms with Gasteiger partial charge in [0.05, 0.1) is 24.9 Å². The van der Waals surface area contributed by atoms with Gasteiger partial charge in [0.15, 0.2) is 5.76 Å². The highest BCUT2D eigenvalue weighted by Crippen LogP contribution is 2.38. The van der Waals surface area contributed by atoms with Gasteiger partial charge in [-0.1, -0.05) is 0 Å². The number of rotatable bonds is 3. The Kier molecular flexibility index (Phi) is 4.83. The average molecular weight is 401 g/mol. The molecule has 0 saturated carbocycles. The van der Waals surface area contributed by atoms with Crippen LogP contribution >= 0.6 is 0 Å². The summed E-state index contributed by atoms with van der Waals surface area (Å²) in [6.45, 7) is 0.306. The molecular weight excluding hydrogens is 383 g/mol. The number of piperidine rings is 1. The summed E-state index contributed by atoms with van der Waals surface area (Å²) in [5.74, 6) is -2.58. The van der Waals surface area contributed by atoms with Crippen molar-refractivity contribution in [3.8, 4) is 0 Å². The average Bonchev–Trinajstić information content (AvgIpc) is 3.37. The number of halogens is 1. The number of carboxylic acid groups (broad SMARTS) is 1. The van der Waals surface area contributed by atoms with Crippen molar-refractivity contribution in [2.75, 3.05) is 19.7 Å². The van der Waals surface area contributed by atoms with E-state index in [1.807, 2.05) is 0 Å². The van der Waals surface area contributed by atoms with E-state index in [0.717, 1.165) is 12.1 Å². The van der Waals surface area contributed by atoms with Gasteiger partial charge < -0.3 is 24.0 Å². The highest BCUT2D eigenvalue weighted by Gasteiger charge is 2.52. The second kappa shape index (κ2) is 7.32. The maximum atomic E-state index is 13.2. The molecule has 1 spiro atoms. The molecule has 8 nitrogen and oxygen atoms in total. The zero-order chi connectivity index (χ0) is 20.6. The SMILES string of the molecule is O=C([O-])[C@H]1COC2(CCN(C(=O)c3ccco3)CC2)N1C(=O)c1ccc(F)cc1. The van der Waals surface area contributed by atoms with Crippen molar-refractivity contribution in [1.82, 2.24) is 9.80 Å². The number of carboxylic acids is 1. The van der Waals surface area contributed by atoms with Crippen LogP contribution in [-0.2, 0) is 9.53 Å². The smallest absolute Gasteiger partial charge is 0.289 e. The van der Waals surface area contributed by atoms with E-state index in [9.17, 15) is 23.9 Å². The fraction of sp³-hybridized carbons (Fsp3) is 0.350. The van der Waals surface area contributed by atoms with Crippen LogP contribution in [0.25, 0.3) is 0 Å². The number of hydrogen-bond donors (Lipinski definition) is 0. The van der Waals surface area contributed by atoms with E-state index < -0.39 is 29.5 Å². The number of likely N-dealkylation sites (tertiary alicyclic amines) is 1. The number of aliphatic carboxylic acids is 1. The molecule has 9 heteroatoms. The van der Waals surface area contributed by atoms with Crippen LogP contribution in [0.2, 0.25) is 0 Å². The molecule has 0 radical (unpaired) electrons. The largest absolute Gasteiger partial charge is 0.548 e. The molecule has 1 aromatic carbocycles. The van der Waals surface area contributed by atoms with Crippen LogP contribution < -0.4 is 5.11 Å². The van der Waals surface area contributed by atoms with E-state index in [1.165, 1.54) is 23.3 Å². The van der Waals surface area contributed by atoms with Crippen molar-refractivity contribution in [2.45, 2.75) is 24.6 Å². The van der Waals surface area contributed by atoms with Gasteiger partial charge in [-0.15, -0.1) is 0 Å². The molecule has 0 aliphatic carbocycles. The van der Waals surface area contributed by atoms with Gasteiger partial charge >= 0.3 is 0 Å². The molecule has 1 aromatic heterocycles. The molecule has 2 aliphatic rings. The molecule has 0 unspecified atom stereocenters. The lowest BCUT2D eigenvalue weighted by Crippen LogP contribution is -2.60. The highest BCUT2D eigenvalue weighted by molar-refractivity contribution is 5.97. The highest BCUT2D eigenvalue weighted by atomic mass is 19.1. The predicted octanol–water partition coefficient (Wildman–Crippen LogP) is 0.642. The Balaban J connectivity index is 1.57. The number of benzene rings is 1. The van der Waals surface area contributed by atoms with Gasteiger partial charge in [0.2, 0.25) is 0 Å². The molecule has 3 heterocycles. The monoisotopic (exact) mass is 401 g/mol. The molecule has 2 saturated heterocycles. The van der Waals surface area contributed by atoms with Crippen molar-refractivity contribution in [1.29, 1.82) is 0 Å². The third-order valence-corrected chi connectivity index (χ3v) is 5.41. The van der Waals surface area contributed by atoms with Crippen LogP contribution in [0.15, 0.2) is 47.1 Å². The van der Waals surface area contributed by atoms with Gasteiger partial charge in [0.25, 0.3) is 11.8 Å². The first-order chi connectivity index (χ1) is 13.9. The summed E-state index contributed by atoms with van der Waals surface area (Å²) in [6.07, 6.45) is 1.87. The first kappa shape index (κ1) is 19.1. The van der Waals surface area contributed by atoms with Crippen molar-refractivity contribution in [2.24, 2.45) is 0 Å². The minimum absolute atomic E-state index is 0.150. The Morgan fingerprint density at radius 1 is 1.07 bits per heavy atom. The van der Waals surface area contributed by atoms with Gasteiger partial charge in [0.1, 0.15) is 11.5 Å². The molecular formula is C20H18FN2O6-. The molecule has 152 valence electrons.